The maximum Gasteiger partial charge on any atom is 0.446 e. The summed E-state index contributed by atoms with van der Waals surface area (Å²) in [6.45, 7) is 0. The quantitative estimate of drug-likeness (QED) is 0.206. The summed E-state index contributed by atoms with van der Waals surface area (Å²) in [5.41, 5.74) is -9.60. The van der Waals surface area contributed by atoms with Crippen LogP contribution >= 0.6 is 35.3 Å². The number of nitrogens with one attached hydrogen (secondary N) is 1. The molecule has 30 heavy (non-hydrogen) atoms. The molecule has 0 saturated heterocycles. The normalized spacial score (nSPS) is 11.9. The first-order chi connectivity index (χ1) is 13.8. The second-order valence-electron chi connectivity index (χ2n) is 5.35. The van der Waals surface area contributed by atoms with Gasteiger partial charge in [-0.2, -0.15) is 26.3 Å². The van der Waals surface area contributed by atoms with E-state index in [-0.39, 0.29) is 37.9 Å². The fraction of sp³-hybridized carbons (Fsp3) is 0.188. The summed E-state index contributed by atoms with van der Waals surface area (Å²) in [6.07, 6.45) is 0. The Morgan fingerprint density at radius 1 is 0.967 bits per heavy atom. The SMILES string of the molecule is O=C(CSc1ccc(SC(F)(F)F)cc1[N+](=O)[O-])Nc1cccc(SC(F)(F)F)c1. The van der Waals surface area contributed by atoms with E-state index in [1.807, 2.05) is 0 Å². The number of anilines is 1. The molecule has 0 aliphatic carbocycles. The number of halogens is 6. The number of rotatable bonds is 7. The highest BCUT2D eigenvalue weighted by atomic mass is 32.2. The van der Waals surface area contributed by atoms with Crippen molar-refractivity contribution in [2.24, 2.45) is 0 Å². The van der Waals surface area contributed by atoms with E-state index in [0.717, 1.165) is 24.3 Å². The van der Waals surface area contributed by atoms with Crippen LogP contribution in [0.2, 0.25) is 0 Å². The molecular formula is C16H10F6N2O3S3. The number of carbonyl (C=O) groups excluding carboxylic acids is 1. The van der Waals surface area contributed by atoms with Crippen molar-refractivity contribution >= 4 is 52.6 Å². The average Bonchev–Trinajstić information content (AvgIpc) is 2.58. The van der Waals surface area contributed by atoms with Gasteiger partial charge in [-0.3, -0.25) is 14.9 Å². The Balaban J connectivity index is 2.04. The summed E-state index contributed by atoms with van der Waals surface area (Å²) in [6, 6.07) is 7.93. The summed E-state index contributed by atoms with van der Waals surface area (Å²) >= 11 is -0.140. The molecule has 0 radical (unpaired) electrons. The number of nitro groups is 1. The maximum absolute atomic E-state index is 12.4. The van der Waals surface area contributed by atoms with Gasteiger partial charge in [0, 0.05) is 21.5 Å². The number of nitro benzene ring substituents is 1. The molecule has 0 spiro atoms. The van der Waals surface area contributed by atoms with Crippen molar-refractivity contribution in [1.82, 2.24) is 0 Å². The monoisotopic (exact) mass is 488 g/mol. The largest absolute Gasteiger partial charge is 0.446 e. The van der Waals surface area contributed by atoms with Crippen molar-refractivity contribution in [3.63, 3.8) is 0 Å². The van der Waals surface area contributed by atoms with Crippen LogP contribution in [0.5, 0.6) is 0 Å². The van der Waals surface area contributed by atoms with E-state index in [4.69, 9.17) is 0 Å². The third kappa shape index (κ3) is 8.36. The third-order valence-corrected chi connectivity index (χ3v) is 5.58. The molecule has 2 aromatic rings. The first kappa shape index (κ1) is 24.2. The van der Waals surface area contributed by atoms with Crippen molar-refractivity contribution < 1.29 is 36.1 Å². The summed E-state index contributed by atoms with van der Waals surface area (Å²) in [5, 5.41) is 13.5. The van der Waals surface area contributed by atoms with Gasteiger partial charge in [0.1, 0.15) is 0 Å². The van der Waals surface area contributed by atoms with Gasteiger partial charge >= 0.3 is 11.0 Å². The zero-order valence-corrected chi connectivity index (χ0v) is 16.9. The first-order valence-corrected chi connectivity index (χ1v) is 10.3. The third-order valence-electron chi connectivity index (χ3n) is 3.07. The van der Waals surface area contributed by atoms with E-state index in [0.29, 0.717) is 11.8 Å². The van der Waals surface area contributed by atoms with Gasteiger partial charge < -0.3 is 5.32 Å². The first-order valence-electron chi connectivity index (χ1n) is 7.65. The van der Waals surface area contributed by atoms with Gasteiger partial charge in [-0.15, -0.1) is 11.8 Å². The van der Waals surface area contributed by atoms with Crippen LogP contribution in [0.3, 0.4) is 0 Å². The predicted octanol–water partition coefficient (Wildman–Crippen LogP) is 6.55. The number of hydrogen-bond donors (Lipinski definition) is 1. The van der Waals surface area contributed by atoms with Crippen molar-refractivity contribution in [1.29, 1.82) is 0 Å². The molecule has 0 saturated carbocycles. The van der Waals surface area contributed by atoms with E-state index < -0.39 is 39.3 Å². The second kappa shape index (κ2) is 9.83. The molecule has 0 heterocycles. The molecule has 0 aromatic heterocycles. The van der Waals surface area contributed by atoms with E-state index >= 15 is 0 Å². The summed E-state index contributed by atoms with van der Waals surface area (Å²) in [7, 11) is 0. The molecule has 0 bridgehead atoms. The van der Waals surface area contributed by atoms with Gasteiger partial charge in [0.2, 0.25) is 5.91 Å². The number of thioether (sulfide) groups is 3. The molecule has 0 atom stereocenters. The van der Waals surface area contributed by atoms with Crippen LogP contribution in [0.1, 0.15) is 0 Å². The van der Waals surface area contributed by atoms with E-state index in [9.17, 15) is 41.3 Å². The van der Waals surface area contributed by atoms with Gasteiger partial charge in [0.15, 0.2) is 0 Å². The van der Waals surface area contributed by atoms with Gasteiger partial charge in [-0.25, -0.2) is 0 Å². The molecule has 5 nitrogen and oxygen atoms in total. The van der Waals surface area contributed by atoms with Gasteiger partial charge in [0.25, 0.3) is 5.69 Å². The Morgan fingerprint density at radius 2 is 1.57 bits per heavy atom. The topological polar surface area (TPSA) is 72.2 Å². The van der Waals surface area contributed by atoms with Crippen LogP contribution in [-0.4, -0.2) is 27.6 Å². The van der Waals surface area contributed by atoms with Crippen LogP contribution in [0.15, 0.2) is 57.2 Å². The molecule has 0 aliphatic rings. The lowest BCUT2D eigenvalue weighted by atomic mass is 10.3. The van der Waals surface area contributed by atoms with Crippen LogP contribution in [0.4, 0.5) is 37.7 Å². The highest BCUT2D eigenvalue weighted by Gasteiger charge is 2.31. The number of nitrogens with zero attached hydrogens (tertiary/aromatic N) is 1. The minimum atomic E-state index is -4.61. The maximum atomic E-state index is 12.4. The highest BCUT2D eigenvalue weighted by Crippen LogP contribution is 2.40. The lowest BCUT2D eigenvalue weighted by Gasteiger charge is -2.09. The minimum Gasteiger partial charge on any atom is -0.325 e. The van der Waals surface area contributed by atoms with Crippen molar-refractivity contribution in [2.75, 3.05) is 11.1 Å². The number of hydrogen-bond acceptors (Lipinski definition) is 6. The molecule has 2 aromatic carbocycles. The predicted molar refractivity (Wildman–Crippen MR) is 103 cm³/mol. The van der Waals surface area contributed by atoms with E-state index in [2.05, 4.69) is 5.32 Å². The molecule has 1 amide bonds. The zero-order chi connectivity index (χ0) is 22.5. The Morgan fingerprint density at radius 3 is 2.13 bits per heavy atom. The molecule has 0 fully saturated rings. The van der Waals surface area contributed by atoms with Crippen LogP contribution in [0.25, 0.3) is 0 Å². The number of alkyl halides is 6. The lowest BCUT2D eigenvalue weighted by molar-refractivity contribution is -0.387. The number of carbonyl (C=O) groups is 1. The van der Waals surface area contributed by atoms with Gasteiger partial charge in [-0.1, -0.05) is 6.07 Å². The summed E-state index contributed by atoms with van der Waals surface area (Å²) in [5.74, 6) is -0.999. The van der Waals surface area contributed by atoms with Gasteiger partial charge in [-0.05, 0) is 53.9 Å². The fourth-order valence-corrected chi connectivity index (χ4v) is 4.05. The molecular weight excluding hydrogens is 478 g/mol. The van der Waals surface area contributed by atoms with Crippen LogP contribution < -0.4 is 5.32 Å². The molecule has 1 N–H and O–H groups in total. The van der Waals surface area contributed by atoms with Gasteiger partial charge in [0.05, 0.1) is 15.6 Å². The van der Waals surface area contributed by atoms with E-state index in [1.54, 1.807) is 0 Å². The Labute approximate surface area is 178 Å². The van der Waals surface area contributed by atoms with Crippen molar-refractivity contribution in [3.8, 4) is 0 Å². The summed E-state index contributed by atoms with van der Waals surface area (Å²) in [4.78, 5) is 21.8. The van der Waals surface area contributed by atoms with Crippen LogP contribution in [0, 0.1) is 10.1 Å². The molecule has 0 unspecified atom stereocenters. The minimum absolute atomic E-state index is 0.0250. The van der Waals surface area contributed by atoms with Crippen molar-refractivity contribution in [3.05, 3.63) is 52.6 Å². The highest BCUT2D eigenvalue weighted by molar-refractivity contribution is 8.00. The molecule has 162 valence electrons. The second-order valence-corrected chi connectivity index (χ2v) is 8.64. The average molecular weight is 488 g/mol. The fourth-order valence-electron chi connectivity index (χ4n) is 2.07. The molecule has 2 rings (SSSR count). The van der Waals surface area contributed by atoms with Crippen molar-refractivity contribution in [2.45, 2.75) is 25.7 Å². The smallest absolute Gasteiger partial charge is 0.325 e. The number of benzene rings is 2. The standard InChI is InChI=1S/C16H10F6N2O3S3/c17-15(18,19)29-10-3-1-2-9(6-10)23-14(25)8-28-13-5-4-11(30-16(20,21)22)7-12(13)24(26)27/h1-7H,8H2,(H,23,25). The molecule has 14 heteroatoms. The Bertz CT molecular complexity index is 937. The lowest BCUT2D eigenvalue weighted by Crippen LogP contribution is -2.14. The van der Waals surface area contributed by atoms with E-state index in [1.165, 1.54) is 18.2 Å². The Kier molecular flexibility index (Phi) is 7.93. The molecule has 0 aliphatic heterocycles. The van der Waals surface area contributed by atoms with Crippen LogP contribution in [-0.2, 0) is 4.79 Å². The number of amides is 1. The summed E-state index contributed by atoms with van der Waals surface area (Å²) < 4.78 is 74.5. The Hall–Kier alpha value is -2.06. The zero-order valence-electron chi connectivity index (χ0n) is 14.4.